The van der Waals surface area contributed by atoms with Crippen molar-refractivity contribution in [2.75, 3.05) is 18.0 Å². The zero-order valence-electron chi connectivity index (χ0n) is 16.9. The Hall–Kier alpha value is -1.91. The first kappa shape index (κ1) is 18.1. The van der Waals surface area contributed by atoms with Crippen molar-refractivity contribution in [2.45, 2.75) is 64.3 Å². The van der Waals surface area contributed by atoms with E-state index in [0.717, 1.165) is 49.6 Å². The zero-order valence-corrected chi connectivity index (χ0v) is 16.9. The molecule has 5 nitrogen and oxygen atoms in total. The Bertz CT molecular complexity index is 716. The summed E-state index contributed by atoms with van der Waals surface area (Å²) in [6.07, 6.45) is 15.7. The van der Waals surface area contributed by atoms with Crippen molar-refractivity contribution in [3.8, 4) is 0 Å². The first-order chi connectivity index (χ1) is 13.6. The monoisotopic (exact) mass is 380 g/mol. The Kier molecular flexibility index (Phi) is 4.64. The van der Waals surface area contributed by atoms with Gasteiger partial charge in [0.05, 0.1) is 0 Å². The van der Waals surface area contributed by atoms with Gasteiger partial charge in [-0.1, -0.05) is 5.57 Å². The van der Waals surface area contributed by atoms with Gasteiger partial charge in [0.15, 0.2) is 0 Å². The molecule has 1 amide bonds. The number of carbonyl (C=O) groups is 1. The van der Waals surface area contributed by atoms with Crippen molar-refractivity contribution in [1.82, 2.24) is 15.3 Å². The number of allylic oxidation sites excluding steroid dienone is 1. The Morgan fingerprint density at radius 2 is 1.64 bits per heavy atom. The highest BCUT2D eigenvalue weighted by Crippen LogP contribution is 2.62. The Morgan fingerprint density at radius 3 is 2.21 bits per heavy atom. The van der Waals surface area contributed by atoms with Crippen LogP contribution in [0.3, 0.4) is 0 Å². The molecule has 5 heteroatoms. The van der Waals surface area contributed by atoms with Gasteiger partial charge in [0.2, 0.25) is 11.9 Å². The molecule has 0 unspecified atom stereocenters. The lowest BCUT2D eigenvalue weighted by Gasteiger charge is -2.57. The molecular weight excluding hydrogens is 348 g/mol. The number of piperidine rings is 1. The standard InChI is InChI=1S/C23H32N4O/c1-16(23-13-17-10-18(14-23)12-19(11-17)15-23)9-21(28)26-20-3-7-27(8-4-20)22-24-5-2-6-25-22/h2,5-6,9,17-20H,3-4,7-8,10-15H2,1H3,(H,26,28). The van der Waals surface area contributed by atoms with Crippen molar-refractivity contribution >= 4 is 11.9 Å². The lowest BCUT2D eigenvalue weighted by Crippen LogP contribution is -2.47. The first-order valence-electron chi connectivity index (χ1n) is 11.1. The van der Waals surface area contributed by atoms with Crippen LogP contribution in [-0.4, -0.2) is 35.0 Å². The average molecular weight is 381 g/mol. The minimum atomic E-state index is 0.114. The van der Waals surface area contributed by atoms with Gasteiger partial charge < -0.3 is 10.2 Å². The van der Waals surface area contributed by atoms with Crippen LogP contribution in [0.15, 0.2) is 30.1 Å². The van der Waals surface area contributed by atoms with Gasteiger partial charge in [-0.05, 0) is 87.5 Å². The van der Waals surface area contributed by atoms with Crippen LogP contribution in [0, 0.1) is 23.2 Å². The van der Waals surface area contributed by atoms with E-state index in [9.17, 15) is 4.79 Å². The molecular formula is C23H32N4O. The smallest absolute Gasteiger partial charge is 0.244 e. The van der Waals surface area contributed by atoms with Crippen molar-refractivity contribution in [2.24, 2.45) is 23.2 Å². The highest BCUT2D eigenvalue weighted by Gasteiger charge is 2.51. The van der Waals surface area contributed by atoms with Gasteiger partial charge in [-0.2, -0.15) is 0 Å². The van der Waals surface area contributed by atoms with Crippen LogP contribution in [0.1, 0.15) is 58.3 Å². The summed E-state index contributed by atoms with van der Waals surface area (Å²) in [6.45, 7) is 4.02. The Morgan fingerprint density at radius 1 is 1.07 bits per heavy atom. The molecule has 6 rings (SSSR count). The SMILES string of the molecule is CC(=CC(=O)NC1CCN(c2ncccn2)CC1)C12CC3CC(CC(C3)C1)C2. The maximum absolute atomic E-state index is 12.7. The van der Waals surface area contributed by atoms with E-state index in [1.165, 1.54) is 44.1 Å². The van der Waals surface area contributed by atoms with Crippen LogP contribution in [0.25, 0.3) is 0 Å². The normalized spacial score (nSPS) is 35.2. The molecule has 5 fully saturated rings. The fraction of sp³-hybridized carbons (Fsp3) is 0.696. The van der Waals surface area contributed by atoms with Gasteiger partial charge in [-0.15, -0.1) is 0 Å². The number of anilines is 1. The summed E-state index contributed by atoms with van der Waals surface area (Å²) in [5.41, 5.74) is 1.68. The summed E-state index contributed by atoms with van der Waals surface area (Å²) < 4.78 is 0. The van der Waals surface area contributed by atoms with E-state index < -0.39 is 0 Å². The summed E-state index contributed by atoms with van der Waals surface area (Å²) in [6, 6.07) is 2.10. The van der Waals surface area contributed by atoms with E-state index in [4.69, 9.17) is 0 Å². The summed E-state index contributed by atoms with van der Waals surface area (Å²) in [5.74, 6) is 3.67. The van der Waals surface area contributed by atoms with Crippen molar-refractivity contribution in [3.63, 3.8) is 0 Å². The molecule has 1 aromatic heterocycles. The molecule has 1 N–H and O–H groups in total. The maximum atomic E-state index is 12.7. The van der Waals surface area contributed by atoms with Crippen molar-refractivity contribution in [3.05, 3.63) is 30.1 Å². The molecule has 28 heavy (non-hydrogen) atoms. The second-order valence-corrected chi connectivity index (χ2v) is 9.84. The predicted octanol–water partition coefficient (Wildman–Crippen LogP) is 3.72. The van der Waals surface area contributed by atoms with Gasteiger partial charge >= 0.3 is 0 Å². The molecule has 4 aliphatic carbocycles. The number of amides is 1. The zero-order chi connectivity index (χ0) is 19.1. The molecule has 1 aromatic rings. The molecule has 4 bridgehead atoms. The largest absolute Gasteiger partial charge is 0.350 e. The number of rotatable bonds is 4. The summed E-state index contributed by atoms with van der Waals surface area (Å²) in [7, 11) is 0. The fourth-order valence-electron chi connectivity index (χ4n) is 6.86. The minimum Gasteiger partial charge on any atom is -0.350 e. The number of hydrogen-bond donors (Lipinski definition) is 1. The van der Waals surface area contributed by atoms with E-state index >= 15 is 0 Å². The van der Waals surface area contributed by atoms with E-state index in [0.29, 0.717) is 5.41 Å². The van der Waals surface area contributed by atoms with Gasteiger partial charge in [-0.25, -0.2) is 9.97 Å². The van der Waals surface area contributed by atoms with Crippen LogP contribution in [0.4, 0.5) is 5.95 Å². The fourth-order valence-corrected chi connectivity index (χ4v) is 6.86. The van der Waals surface area contributed by atoms with Crippen LogP contribution in [0.5, 0.6) is 0 Å². The molecule has 0 aromatic carbocycles. The quantitative estimate of drug-likeness (QED) is 0.809. The van der Waals surface area contributed by atoms with Crippen LogP contribution >= 0.6 is 0 Å². The number of hydrogen-bond acceptors (Lipinski definition) is 4. The Labute approximate surface area is 168 Å². The first-order valence-corrected chi connectivity index (χ1v) is 11.1. The molecule has 2 heterocycles. The second kappa shape index (κ2) is 7.16. The summed E-state index contributed by atoms with van der Waals surface area (Å²) in [4.78, 5) is 23.6. The average Bonchev–Trinajstić information content (AvgIpc) is 2.68. The number of aromatic nitrogens is 2. The number of carbonyl (C=O) groups excluding carboxylic acids is 1. The molecule has 150 valence electrons. The highest BCUT2D eigenvalue weighted by molar-refractivity contribution is 5.88. The second-order valence-electron chi connectivity index (χ2n) is 9.84. The van der Waals surface area contributed by atoms with Crippen molar-refractivity contribution < 1.29 is 4.79 Å². The molecule has 4 saturated carbocycles. The predicted molar refractivity (Wildman–Crippen MR) is 110 cm³/mol. The molecule has 0 radical (unpaired) electrons. The lowest BCUT2D eigenvalue weighted by atomic mass is 9.48. The topological polar surface area (TPSA) is 58.1 Å². The molecule has 1 aliphatic heterocycles. The molecule has 0 spiro atoms. The van der Waals surface area contributed by atoms with Gasteiger partial charge in [0.25, 0.3) is 0 Å². The summed E-state index contributed by atoms with van der Waals surface area (Å²) in [5, 5.41) is 3.27. The van der Waals surface area contributed by atoms with Crippen LogP contribution in [0.2, 0.25) is 0 Å². The van der Waals surface area contributed by atoms with E-state index in [2.05, 4.69) is 27.1 Å². The van der Waals surface area contributed by atoms with E-state index in [1.807, 2.05) is 12.1 Å². The maximum Gasteiger partial charge on any atom is 0.244 e. The lowest BCUT2D eigenvalue weighted by molar-refractivity contribution is -0.117. The summed E-state index contributed by atoms with van der Waals surface area (Å²) >= 11 is 0. The third-order valence-corrected chi connectivity index (χ3v) is 7.90. The number of nitrogens with one attached hydrogen (secondary N) is 1. The van der Waals surface area contributed by atoms with Crippen LogP contribution < -0.4 is 10.2 Å². The van der Waals surface area contributed by atoms with Crippen molar-refractivity contribution in [1.29, 1.82) is 0 Å². The number of nitrogens with zero attached hydrogens (tertiary/aromatic N) is 3. The molecule has 0 atom stereocenters. The third-order valence-electron chi connectivity index (χ3n) is 7.90. The van der Waals surface area contributed by atoms with Gasteiger partial charge in [-0.3, -0.25) is 4.79 Å². The van der Waals surface area contributed by atoms with Gasteiger partial charge in [0, 0.05) is 37.6 Å². The molecule has 1 saturated heterocycles. The highest BCUT2D eigenvalue weighted by atomic mass is 16.1. The van der Waals surface area contributed by atoms with E-state index in [-0.39, 0.29) is 11.9 Å². The minimum absolute atomic E-state index is 0.114. The van der Waals surface area contributed by atoms with Crippen LogP contribution in [-0.2, 0) is 4.79 Å². The van der Waals surface area contributed by atoms with Gasteiger partial charge in [0.1, 0.15) is 0 Å². The third kappa shape index (κ3) is 3.44. The Balaban J connectivity index is 1.18. The molecule has 5 aliphatic rings. The van der Waals surface area contributed by atoms with E-state index in [1.54, 1.807) is 12.4 Å².